The zero-order chi connectivity index (χ0) is 16.2. The molecule has 1 unspecified atom stereocenters. The number of hydrogen-bond acceptors (Lipinski definition) is 5. The fourth-order valence-electron chi connectivity index (χ4n) is 2.50. The van der Waals surface area contributed by atoms with E-state index in [1.807, 2.05) is 6.92 Å². The highest BCUT2D eigenvalue weighted by molar-refractivity contribution is 5.56. The zero-order valence-corrected chi connectivity index (χ0v) is 13.4. The third-order valence-corrected chi connectivity index (χ3v) is 3.92. The van der Waals surface area contributed by atoms with Crippen LogP contribution in [0.1, 0.15) is 24.0 Å². The number of nitrogens with one attached hydrogen (secondary N) is 2. The second-order valence-corrected chi connectivity index (χ2v) is 5.83. The normalized spacial score (nSPS) is 17.3. The first kappa shape index (κ1) is 15.7. The van der Waals surface area contributed by atoms with Gasteiger partial charge in [-0.3, -0.25) is 0 Å². The lowest BCUT2D eigenvalue weighted by Gasteiger charge is -2.14. The summed E-state index contributed by atoms with van der Waals surface area (Å²) in [5, 5.41) is 6.35. The van der Waals surface area contributed by atoms with Gasteiger partial charge < -0.3 is 15.4 Å². The SMILES string of the molecule is Cc1ccc(Nc2ncc(C)c(NCC3CCCO3)n2)cc1F. The van der Waals surface area contributed by atoms with Crippen LogP contribution in [0, 0.1) is 19.7 Å². The van der Waals surface area contributed by atoms with Gasteiger partial charge in [-0.05, 0) is 44.4 Å². The van der Waals surface area contributed by atoms with Crippen molar-refractivity contribution >= 4 is 17.5 Å². The molecule has 5 nitrogen and oxygen atoms in total. The first-order valence-corrected chi connectivity index (χ1v) is 7.84. The Kier molecular flexibility index (Phi) is 4.71. The van der Waals surface area contributed by atoms with Crippen LogP contribution < -0.4 is 10.6 Å². The lowest BCUT2D eigenvalue weighted by molar-refractivity contribution is 0.120. The number of ether oxygens (including phenoxy) is 1. The van der Waals surface area contributed by atoms with Crippen molar-refractivity contribution in [3.63, 3.8) is 0 Å². The van der Waals surface area contributed by atoms with Crippen LogP contribution in [-0.2, 0) is 4.74 Å². The highest BCUT2D eigenvalue weighted by atomic mass is 19.1. The molecule has 1 aromatic heterocycles. The summed E-state index contributed by atoms with van der Waals surface area (Å²) >= 11 is 0. The maximum atomic E-state index is 13.6. The fourth-order valence-corrected chi connectivity index (χ4v) is 2.50. The second kappa shape index (κ2) is 6.91. The summed E-state index contributed by atoms with van der Waals surface area (Å²) in [4.78, 5) is 8.72. The van der Waals surface area contributed by atoms with Gasteiger partial charge in [-0.1, -0.05) is 6.07 Å². The van der Waals surface area contributed by atoms with E-state index in [1.54, 1.807) is 25.3 Å². The van der Waals surface area contributed by atoms with Gasteiger partial charge >= 0.3 is 0 Å². The van der Waals surface area contributed by atoms with Crippen LogP contribution in [0.25, 0.3) is 0 Å². The number of aryl methyl sites for hydroxylation is 2. The molecule has 0 spiro atoms. The quantitative estimate of drug-likeness (QED) is 0.883. The number of halogens is 1. The molecule has 2 aromatic rings. The highest BCUT2D eigenvalue weighted by Crippen LogP contribution is 2.20. The lowest BCUT2D eigenvalue weighted by Crippen LogP contribution is -2.19. The van der Waals surface area contributed by atoms with Crippen molar-refractivity contribution in [2.45, 2.75) is 32.8 Å². The molecule has 6 heteroatoms. The number of hydrogen-bond donors (Lipinski definition) is 2. The number of anilines is 3. The molecule has 122 valence electrons. The Labute approximate surface area is 135 Å². The summed E-state index contributed by atoms with van der Waals surface area (Å²) in [6.07, 6.45) is 4.18. The predicted octanol–water partition coefficient (Wildman–Crippen LogP) is 3.57. The third kappa shape index (κ3) is 3.96. The van der Waals surface area contributed by atoms with Crippen LogP contribution in [0.15, 0.2) is 24.4 Å². The van der Waals surface area contributed by atoms with Crippen molar-refractivity contribution in [2.75, 3.05) is 23.8 Å². The molecule has 2 N–H and O–H groups in total. The van der Waals surface area contributed by atoms with Crippen molar-refractivity contribution in [1.29, 1.82) is 0 Å². The summed E-state index contributed by atoms with van der Waals surface area (Å²) in [6, 6.07) is 4.97. The van der Waals surface area contributed by atoms with Crippen LogP contribution in [0.2, 0.25) is 0 Å². The minimum absolute atomic E-state index is 0.243. The second-order valence-electron chi connectivity index (χ2n) is 5.83. The van der Waals surface area contributed by atoms with E-state index >= 15 is 0 Å². The van der Waals surface area contributed by atoms with Gasteiger partial charge in [0.05, 0.1) is 6.10 Å². The first-order valence-electron chi connectivity index (χ1n) is 7.84. The van der Waals surface area contributed by atoms with Crippen molar-refractivity contribution in [3.05, 3.63) is 41.3 Å². The van der Waals surface area contributed by atoms with Crippen LogP contribution in [0.3, 0.4) is 0 Å². The van der Waals surface area contributed by atoms with Gasteiger partial charge in [-0.2, -0.15) is 4.98 Å². The van der Waals surface area contributed by atoms with Crippen LogP contribution >= 0.6 is 0 Å². The molecular formula is C17H21FN4O. The standard InChI is InChI=1S/C17H21FN4O/c1-11-5-6-13(8-15(11)18)21-17-20-9-12(2)16(22-17)19-10-14-4-3-7-23-14/h5-6,8-9,14H,3-4,7,10H2,1-2H3,(H2,19,20,21,22). The third-order valence-electron chi connectivity index (χ3n) is 3.92. The molecule has 1 atom stereocenters. The van der Waals surface area contributed by atoms with E-state index in [9.17, 15) is 4.39 Å². The molecule has 1 saturated heterocycles. The molecule has 0 saturated carbocycles. The molecule has 1 aliphatic rings. The molecule has 3 rings (SSSR count). The summed E-state index contributed by atoms with van der Waals surface area (Å²) in [5.41, 5.74) is 2.20. The van der Waals surface area contributed by atoms with Crippen LogP contribution in [0.5, 0.6) is 0 Å². The van der Waals surface area contributed by atoms with E-state index in [2.05, 4.69) is 20.6 Å². The predicted molar refractivity (Wildman–Crippen MR) is 88.7 cm³/mol. The maximum absolute atomic E-state index is 13.6. The molecule has 1 fully saturated rings. The van der Waals surface area contributed by atoms with Gasteiger partial charge in [0.1, 0.15) is 11.6 Å². The van der Waals surface area contributed by atoms with Crippen molar-refractivity contribution < 1.29 is 9.13 Å². The minimum Gasteiger partial charge on any atom is -0.376 e. The molecule has 0 aliphatic carbocycles. The van der Waals surface area contributed by atoms with Gasteiger partial charge in [0.2, 0.25) is 5.95 Å². The molecule has 0 bridgehead atoms. The molecule has 0 amide bonds. The Morgan fingerprint density at radius 3 is 2.91 bits per heavy atom. The Morgan fingerprint density at radius 1 is 1.30 bits per heavy atom. The number of aromatic nitrogens is 2. The van der Waals surface area contributed by atoms with E-state index in [-0.39, 0.29) is 11.9 Å². The molecular weight excluding hydrogens is 295 g/mol. The van der Waals surface area contributed by atoms with Crippen molar-refractivity contribution in [2.24, 2.45) is 0 Å². The van der Waals surface area contributed by atoms with Gasteiger partial charge in [0.15, 0.2) is 0 Å². The highest BCUT2D eigenvalue weighted by Gasteiger charge is 2.15. The minimum atomic E-state index is -0.251. The van der Waals surface area contributed by atoms with Gasteiger partial charge in [0.25, 0.3) is 0 Å². The van der Waals surface area contributed by atoms with Crippen molar-refractivity contribution in [1.82, 2.24) is 9.97 Å². The van der Waals surface area contributed by atoms with Gasteiger partial charge in [-0.25, -0.2) is 9.37 Å². The average molecular weight is 316 g/mol. The van der Waals surface area contributed by atoms with E-state index in [0.29, 0.717) is 17.2 Å². The van der Waals surface area contributed by atoms with E-state index in [4.69, 9.17) is 4.74 Å². The molecule has 2 heterocycles. The largest absolute Gasteiger partial charge is 0.376 e. The molecule has 1 aliphatic heterocycles. The fraction of sp³-hybridized carbons (Fsp3) is 0.412. The van der Waals surface area contributed by atoms with Gasteiger partial charge in [-0.15, -0.1) is 0 Å². The Bertz CT molecular complexity index is 686. The Balaban J connectivity index is 1.69. The maximum Gasteiger partial charge on any atom is 0.229 e. The molecule has 1 aromatic carbocycles. The van der Waals surface area contributed by atoms with E-state index in [0.717, 1.165) is 37.4 Å². The van der Waals surface area contributed by atoms with E-state index < -0.39 is 0 Å². The molecule has 0 radical (unpaired) electrons. The first-order chi connectivity index (χ1) is 11.1. The topological polar surface area (TPSA) is 59.1 Å². The van der Waals surface area contributed by atoms with E-state index in [1.165, 1.54) is 6.07 Å². The van der Waals surface area contributed by atoms with Crippen LogP contribution in [-0.4, -0.2) is 29.2 Å². The Hall–Kier alpha value is -2.21. The monoisotopic (exact) mass is 316 g/mol. The number of nitrogens with zero attached hydrogens (tertiary/aromatic N) is 2. The molecule has 23 heavy (non-hydrogen) atoms. The summed E-state index contributed by atoms with van der Waals surface area (Å²) in [5.74, 6) is 0.957. The van der Waals surface area contributed by atoms with Crippen LogP contribution in [0.4, 0.5) is 21.8 Å². The average Bonchev–Trinajstić information content (AvgIpc) is 3.05. The summed E-state index contributed by atoms with van der Waals surface area (Å²) < 4.78 is 19.2. The smallest absolute Gasteiger partial charge is 0.229 e. The number of benzene rings is 1. The van der Waals surface area contributed by atoms with Crippen molar-refractivity contribution in [3.8, 4) is 0 Å². The zero-order valence-electron chi connectivity index (χ0n) is 13.4. The Morgan fingerprint density at radius 2 is 2.17 bits per heavy atom. The summed E-state index contributed by atoms with van der Waals surface area (Å²) in [7, 11) is 0. The summed E-state index contributed by atoms with van der Waals surface area (Å²) in [6.45, 7) is 5.25. The van der Waals surface area contributed by atoms with Gasteiger partial charge in [0, 0.05) is 30.6 Å². The lowest BCUT2D eigenvalue weighted by atomic mass is 10.2. The number of rotatable bonds is 5.